The second-order valence-electron chi connectivity index (χ2n) is 4.26. The number of nitrogens with two attached hydrogens (primary N) is 1. The van der Waals surface area contributed by atoms with E-state index in [0.29, 0.717) is 16.8 Å². The first-order valence-electron chi connectivity index (χ1n) is 5.87. The Morgan fingerprint density at radius 3 is 2.29 bits per heavy atom. The zero-order valence-corrected chi connectivity index (χ0v) is 10.1. The second-order valence-corrected chi connectivity index (χ2v) is 4.26. The van der Waals surface area contributed by atoms with E-state index in [1.807, 2.05) is 13.8 Å². The lowest BCUT2D eigenvalue weighted by molar-refractivity contribution is 0.0576. The fraction of sp³-hybridized carbons (Fsp3) is 0.385. The Bertz CT molecular complexity index is 478. The summed E-state index contributed by atoms with van der Waals surface area (Å²) in [5.41, 5.74) is 7.05. The van der Waals surface area contributed by atoms with E-state index < -0.39 is 0 Å². The number of rotatable bonds is 3. The van der Waals surface area contributed by atoms with Crippen molar-refractivity contribution in [3.63, 3.8) is 0 Å². The first kappa shape index (κ1) is 11.6. The zero-order valence-electron chi connectivity index (χ0n) is 10.1. The number of carbonyl (C=O) groups excluding carboxylic acids is 2. The highest BCUT2D eigenvalue weighted by Crippen LogP contribution is 2.28. The van der Waals surface area contributed by atoms with E-state index in [1.54, 1.807) is 18.2 Å². The van der Waals surface area contributed by atoms with E-state index in [-0.39, 0.29) is 17.9 Å². The maximum Gasteiger partial charge on any atom is 0.261 e. The van der Waals surface area contributed by atoms with Gasteiger partial charge in [0.1, 0.15) is 0 Å². The van der Waals surface area contributed by atoms with Crippen molar-refractivity contribution in [1.29, 1.82) is 0 Å². The van der Waals surface area contributed by atoms with Crippen molar-refractivity contribution in [1.82, 2.24) is 4.90 Å². The van der Waals surface area contributed by atoms with Crippen LogP contribution < -0.4 is 5.73 Å². The molecule has 1 aliphatic rings. The Labute approximate surface area is 100 Å². The molecule has 2 amide bonds. The monoisotopic (exact) mass is 232 g/mol. The summed E-state index contributed by atoms with van der Waals surface area (Å²) in [5, 5.41) is 0. The number of imide groups is 1. The van der Waals surface area contributed by atoms with E-state index in [9.17, 15) is 9.59 Å². The highest BCUT2D eigenvalue weighted by molar-refractivity contribution is 6.21. The molecule has 0 saturated heterocycles. The van der Waals surface area contributed by atoms with Crippen molar-refractivity contribution in [2.24, 2.45) is 0 Å². The highest BCUT2D eigenvalue weighted by Gasteiger charge is 2.38. The topological polar surface area (TPSA) is 63.4 Å². The molecule has 0 spiro atoms. The summed E-state index contributed by atoms with van der Waals surface area (Å²) in [5.74, 6) is -0.412. The Kier molecular flexibility index (Phi) is 2.88. The number of nitrogen functional groups attached to an aromatic ring is 1. The van der Waals surface area contributed by atoms with E-state index in [1.165, 1.54) is 4.90 Å². The lowest BCUT2D eigenvalue weighted by Crippen LogP contribution is -2.39. The van der Waals surface area contributed by atoms with Crippen LogP contribution in [0.25, 0.3) is 0 Å². The molecule has 0 aromatic heterocycles. The first-order valence-corrected chi connectivity index (χ1v) is 5.87. The molecule has 1 aromatic carbocycles. The van der Waals surface area contributed by atoms with Gasteiger partial charge >= 0.3 is 0 Å². The summed E-state index contributed by atoms with van der Waals surface area (Å²) in [6.45, 7) is 3.96. The third-order valence-corrected chi connectivity index (χ3v) is 3.25. The van der Waals surface area contributed by atoms with Gasteiger partial charge in [0, 0.05) is 11.7 Å². The number of nitrogens with zero attached hydrogens (tertiary/aromatic N) is 1. The third-order valence-electron chi connectivity index (χ3n) is 3.25. The van der Waals surface area contributed by atoms with Gasteiger partial charge in [0.25, 0.3) is 11.8 Å². The molecule has 4 nitrogen and oxygen atoms in total. The molecular formula is C13H16N2O2. The summed E-state index contributed by atoms with van der Waals surface area (Å²) >= 11 is 0. The number of carbonyl (C=O) groups is 2. The summed E-state index contributed by atoms with van der Waals surface area (Å²) in [6, 6.07) is 4.84. The van der Waals surface area contributed by atoms with Crippen LogP contribution in [0.3, 0.4) is 0 Å². The molecule has 4 heteroatoms. The molecule has 0 aliphatic carbocycles. The fourth-order valence-electron chi connectivity index (χ4n) is 2.26. The molecule has 0 fully saturated rings. The standard InChI is InChI=1S/C13H16N2O2/c1-3-9(4-2)15-12(16)10-6-5-8(14)7-11(10)13(15)17/h5-7,9H,3-4,14H2,1-2H3. The van der Waals surface area contributed by atoms with Crippen LogP contribution >= 0.6 is 0 Å². The van der Waals surface area contributed by atoms with Crippen molar-refractivity contribution in [2.75, 3.05) is 5.73 Å². The largest absolute Gasteiger partial charge is 0.399 e. The van der Waals surface area contributed by atoms with Crippen molar-refractivity contribution >= 4 is 17.5 Å². The van der Waals surface area contributed by atoms with Gasteiger partial charge in [0.15, 0.2) is 0 Å². The van der Waals surface area contributed by atoms with Crippen LogP contribution in [0.1, 0.15) is 47.4 Å². The van der Waals surface area contributed by atoms with Gasteiger partial charge in [0.2, 0.25) is 0 Å². The van der Waals surface area contributed by atoms with E-state index in [2.05, 4.69) is 0 Å². The molecule has 0 atom stereocenters. The summed E-state index contributed by atoms with van der Waals surface area (Å²) in [4.78, 5) is 25.7. The van der Waals surface area contributed by atoms with Crippen LogP contribution in [0.5, 0.6) is 0 Å². The maximum absolute atomic E-state index is 12.2. The van der Waals surface area contributed by atoms with Gasteiger partial charge in [-0.05, 0) is 31.0 Å². The zero-order chi connectivity index (χ0) is 12.6. The van der Waals surface area contributed by atoms with Crippen LogP contribution in [0, 0.1) is 0 Å². The molecule has 0 radical (unpaired) electrons. The average Bonchev–Trinajstić information content (AvgIpc) is 2.56. The minimum absolute atomic E-state index is 0.0244. The molecule has 0 unspecified atom stereocenters. The van der Waals surface area contributed by atoms with Gasteiger partial charge in [-0.15, -0.1) is 0 Å². The second kappa shape index (κ2) is 4.20. The van der Waals surface area contributed by atoms with Crippen molar-refractivity contribution < 1.29 is 9.59 Å². The number of hydrogen-bond acceptors (Lipinski definition) is 3. The van der Waals surface area contributed by atoms with Crippen LogP contribution in [0.2, 0.25) is 0 Å². The van der Waals surface area contributed by atoms with Crippen molar-refractivity contribution in [3.05, 3.63) is 29.3 Å². The van der Waals surface area contributed by atoms with E-state index >= 15 is 0 Å². The third kappa shape index (κ3) is 1.69. The van der Waals surface area contributed by atoms with Crippen LogP contribution in [-0.2, 0) is 0 Å². The first-order chi connectivity index (χ1) is 8.10. The predicted octanol–water partition coefficient (Wildman–Crippen LogP) is 2.05. The van der Waals surface area contributed by atoms with Gasteiger partial charge in [-0.1, -0.05) is 13.8 Å². The molecule has 1 heterocycles. The summed E-state index contributed by atoms with van der Waals surface area (Å²) in [7, 11) is 0. The fourth-order valence-corrected chi connectivity index (χ4v) is 2.26. The molecule has 2 rings (SSSR count). The molecule has 1 aliphatic heterocycles. The molecule has 90 valence electrons. The van der Waals surface area contributed by atoms with E-state index in [4.69, 9.17) is 5.73 Å². The minimum Gasteiger partial charge on any atom is -0.399 e. The van der Waals surface area contributed by atoms with Crippen molar-refractivity contribution in [3.8, 4) is 0 Å². The Hall–Kier alpha value is -1.84. The number of anilines is 1. The number of hydrogen-bond donors (Lipinski definition) is 1. The van der Waals surface area contributed by atoms with Gasteiger partial charge in [0.05, 0.1) is 11.1 Å². The molecule has 1 aromatic rings. The predicted molar refractivity (Wildman–Crippen MR) is 65.7 cm³/mol. The van der Waals surface area contributed by atoms with Crippen molar-refractivity contribution in [2.45, 2.75) is 32.7 Å². The molecule has 0 saturated carbocycles. The molecule has 17 heavy (non-hydrogen) atoms. The normalized spacial score (nSPS) is 14.6. The molecule has 2 N–H and O–H groups in total. The van der Waals surface area contributed by atoms with E-state index in [0.717, 1.165) is 12.8 Å². The molecular weight excluding hydrogens is 216 g/mol. The Morgan fingerprint density at radius 1 is 1.12 bits per heavy atom. The Balaban J connectivity index is 2.45. The smallest absolute Gasteiger partial charge is 0.261 e. The summed E-state index contributed by atoms with van der Waals surface area (Å²) in [6.07, 6.45) is 1.55. The Morgan fingerprint density at radius 2 is 1.71 bits per heavy atom. The SMILES string of the molecule is CCC(CC)N1C(=O)c2ccc(N)cc2C1=O. The summed E-state index contributed by atoms with van der Waals surface area (Å²) < 4.78 is 0. The van der Waals surface area contributed by atoms with Crippen LogP contribution in [-0.4, -0.2) is 22.8 Å². The van der Waals surface area contributed by atoms with Crippen LogP contribution in [0.4, 0.5) is 5.69 Å². The van der Waals surface area contributed by atoms with Gasteiger partial charge in [-0.2, -0.15) is 0 Å². The molecule has 0 bridgehead atoms. The highest BCUT2D eigenvalue weighted by atomic mass is 16.2. The van der Waals surface area contributed by atoms with Gasteiger partial charge in [-0.25, -0.2) is 0 Å². The minimum atomic E-state index is -0.217. The number of amides is 2. The van der Waals surface area contributed by atoms with Gasteiger partial charge in [-0.3, -0.25) is 14.5 Å². The number of benzene rings is 1. The van der Waals surface area contributed by atoms with Gasteiger partial charge < -0.3 is 5.73 Å². The lowest BCUT2D eigenvalue weighted by atomic mass is 10.1. The average molecular weight is 232 g/mol. The van der Waals surface area contributed by atoms with Crippen LogP contribution in [0.15, 0.2) is 18.2 Å². The quantitative estimate of drug-likeness (QED) is 0.640. The maximum atomic E-state index is 12.2. The number of fused-ring (bicyclic) bond motifs is 1. The lowest BCUT2D eigenvalue weighted by Gasteiger charge is -2.23.